The van der Waals surface area contributed by atoms with E-state index >= 15 is 0 Å². The van der Waals surface area contributed by atoms with Crippen LogP contribution in [0.4, 0.5) is 5.69 Å². The number of carbonyl (C=O) groups excluding carboxylic acids is 2. The number of halogens is 2. The molecule has 0 unspecified atom stereocenters. The number of hydrogen-bond acceptors (Lipinski definition) is 5. The summed E-state index contributed by atoms with van der Waals surface area (Å²) in [4.78, 5) is 27.9. The summed E-state index contributed by atoms with van der Waals surface area (Å²) in [6.07, 6.45) is 1.82. The molecule has 6 nitrogen and oxygen atoms in total. The Bertz CT molecular complexity index is 1300. The van der Waals surface area contributed by atoms with E-state index in [0.29, 0.717) is 27.9 Å². The number of hydrogen-bond donors (Lipinski definition) is 1. The minimum absolute atomic E-state index is 0.122. The second-order valence-corrected chi connectivity index (χ2v) is 9.64. The number of thioether (sulfide) groups is 1. The van der Waals surface area contributed by atoms with Gasteiger partial charge in [-0.3, -0.25) is 14.5 Å². The quantitative estimate of drug-likeness (QED) is 0.342. The molecule has 1 N–H and O–H groups in total. The molecule has 0 radical (unpaired) electrons. The van der Waals surface area contributed by atoms with Crippen molar-refractivity contribution in [1.29, 1.82) is 5.26 Å². The molecule has 0 spiro atoms. The zero-order valence-electron chi connectivity index (χ0n) is 18.0. The van der Waals surface area contributed by atoms with Gasteiger partial charge in [0.2, 0.25) is 5.91 Å². The van der Waals surface area contributed by atoms with Crippen LogP contribution in [0.5, 0.6) is 0 Å². The lowest BCUT2D eigenvalue weighted by Crippen LogP contribution is -2.32. The van der Waals surface area contributed by atoms with Crippen LogP contribution < -0.4 is 10.2 Å². The van der Waals surface area contributed by atoms with E-state index in [2.05, 4.69) is 5.32 Å². The molecular formula is C25H19Cl2N3O3S. The number of nitrogens with one attached hydrogen (secondary N) is 1. The molecule has 0 bridgehead atoms. The minimum Gasteiger partial charge on any atom is -0.467 e. The Kier molecular flexibility index (Phi) is 7.32. The Morgan fingerprint density at radius 3 is 2.62 bits per heavy atom. The Labute approximate surface area is 211 Å². The Morgan fingerprint density at radius 2 is 1.97 bits per heavy atom. The highest BCUT2D eigenvalue weighted by Crippen LogP contribution is 2.42. The van der Waals surface area contributed by atoms with Gasteiger partial charge in [0.1, 0.15) is 22.4 Å². The molecule has 4 rings (SSSR count). The first kappa shape index (κ1) is 24.0. The third-order valence-electron chi connectivity index (χ3n) is 5.22. The van der Waals surface area contributed by atoms with Gasteiger partial charge in [-0.15, -0.1) is 0 Å². The summed E-state index contributed by atoms with van der Waals surface area (Å²) in [5.41, 5.74) is 2.21. The van der Waals surface area contributed by atoms with E-state index in [4.69, 9.17) is 27.6 Å². The van der Waals surface area contributed by atoms with Crippen molar-refractivity contribution in [1.82, 2.24) is 5.32 Å². The fourth-order valence-corrected chi connectivity index (χ4v) is 5.25. The largest absolute Gasteiger partial charge is 0.467 e. The highest BCUT2D eigenvalue weighted by Gasteiger charge is 2.41. The molecule has 172 valence electrons. The number of anilines is 1. The van der Waals surface area contributed by atoms with Gasteiger partial charge >= 0.3 is 0 Å². The van der Waals surface area contributed by atoms with Gasteiger partial charge in [0, 0.05) is 15.7 Å². The number of amides is 2. The first-order chi connectivity index (χ1) is 16.4. The second-order valence-electron chi connectivity index (χ2n) is 7.61. The molecule has 1 fully saturated rings. The van der Waals surface area contributed by atoms with Gasteiger partial charge in [-0.25, -0.2) is 0 Å². The van der Waals surface area contributed by atoms with Crippen molar-refractivity contribution in [3.8, 4) is 6.07 Å². The van der Waals surface area contributed by atoms with Crippen LogP contribution in [0.3, 0.4) is 0 Å². The summed E-state index contributed by atoms with van der Waals surface area (Å²) in [5.74, 6) is -0.269. The molecule has 1 saturated heterocycles. The van der Waals surface area contributed by atoms with Crippen LogP contribution >= 0.6 is 35.0 Å². The summed E-state index contributed by atoms with van der Waals surface area (Å²) >= 11 is 13.5. The molecular weight excluding hydrogens is 493 g/mol. The normalized spacial score (nSPS) is 16.9. The number of nitriles is 1. The number of aryl methyl sites for hydroxylation is 1. The zero-order valence-corrected chi connectivity index (χ0v) is 20.4. The van der Waals surface area contributed by atoms with Gasteiger partial charge in [0.25, 0.3) is 5.91 Å². The Balaban J connectivity index is 1.69. The first-order valence-electron chi connectivity index (χ1n) is 10.3. The summed E-state index contributed by atoms with van der Waals surface area (Å²) in [6.45, 7) is 2.06. The van der Waals surface area contributed by atoms with E-state index in [-0.39, 0.29) is 23.1 Å². The van der Waals surface area contributed by atoms with Gasteiger partial charge in [0.05, 0.1) is 18.1 Å². The van der Waals surface area contributed by atoms with Crippen molar-refractivity contribution in [2.45, 2.75) is 25.1 Å². The highest BCUT2D eigenvalue weighted by molar-refractivity contribution is 8.05. The molecule has 1 aromatic heterocycles. The first-order valence-corrected chi connectivity index (χ1v) is 12.0. The van der Waals surface area contributed by atoms with Crippen LogP contribution in [0.15, 0.2) is 75.9 Å². The minimum atomic E-state index is -0.587. The fourth-order valence-electron chi connectivity index (χ4n) is 3.47. The third-order valence-corrected chi connectivity index (χ3v) is 7.07. The molecule has 2 heterocycles. The van der Waals surface area contributed by atoms with Crippen molar-refractivity contribution >= 4 is 52.5 Å². The van der Waals surface area contributed by atoms with E-state index in [0.717, 1.165) is 11.1 Å². The Morgan fingerprint density at radius 1 is 1.21 bits per heavy atom. The molecule has 1 aliphatic heterocycles. The predicted molar refractivity (Wildman–Crippen MR) is 133 cm³/mol. The number of benzene rings is 2. The lowest BCUT2D eigenvalue weighted by atomic mass is 10.1. The smallest absolute Gasteiger partial charge is 0.265 e. The highest BCUT2D eigenvalue weighted by atomic mass is 35.5. The van der Waals surface area contributed by atoms with Crippen molar-refractivity contribution in [3.63, 3.8) is 0 Å². The lowest BCUT2D eigenvalue weighted by Gasteiger charge is -2.19. The summed E-state index contributed by atoms with van der Waals surface area (Å²) in [7, 11) is 0. The predicted octanol–water partition coefficient (Wildman–Crippen LogP) is 5.64. The molecule has 0 aliphatic carbocycles. The maximum Gasteiger partial charge on any atom is 0.265 e. The number of carbonyl (C=O) groups is 2. The summed E-state index contributed by atoms with van der Waals surface area (Å²) in [6, 6.07) is 17.9. The number of rotatable bonds is 6. The molecule has 0 saturated carbocycles. The Hall–Kier alpha value is -3.18. The molecule has 34 heavy (non-hydrogen) atoms. The molecule has 1 aliphatic rings. The van der Waals surface area contributed by atoms with E-state index in [1.54, 1.807) is 42.5 Å². The summed E-state index contributed by atoms with van der Waals surface area (Å²) in [5, 5.41) is 13.2. The average molecular weight is 512 g/mol. The van der Waals surface area contributed by atoms with E-state index in [1.165, 1.54) is 22.9 Å². The van der Waals surface area contributed by atoms with Crippen molar-refractivity contribution in [3.05, 3.63) is 98.4 Å². The topological polar surface area (TPSA) is 86.3 Å². The third kappa shape index (κ3) is 5.15. The molecule has 2 aromatic carbocycles. The standard InChI is InChI=1S/C25H19Cl2N3O3S/c1-15-4-8-18(9-5-15)30-24(32)22(11-16-6-7-17(26)12-21(16)27)34-25(30)20(13-28)23(31)29-14-19-3-2-10-33-19/h2-10,12,22H,11,14H2,1H3,(H,29,31)/b25-20-/t22-/m0/s1. The van der Waals surface area contributed by atoms with Crippen molar-refractivity contribution in [2.24, 2.45) is 0 Å². The zero-order chi connectivity index (χ0) is 24.2. The molecule has 1 atom stereocenters. The second kappa shape index (κ2) is 10.4. The summed E-state index contributed by atoms with van der Waals surface area (Å²) < 4.78 is 5.24. The van der Waals surface area contributed by atoms with Crippen LogP contribution in [0.25, 0.3) is 0 Å². The lowest BCUT2D eigenvalue weighted by molar-refractivity contribution is -0.117. The monoisotopic (exact) mass is 511 g/mol. The van der Waals surface area contributed by atoms with E-state index in [1.807, 2.05) is 25.1 Å². The number of furan rings is 1. The van der Waals surface area contributed by atoms with E-state index in [9.17, 15) is 14.9 Å². The maximum atomic E-state index is 13.5. The van der Waals surface area contributed by atoms with Gasteiger partial charge in [-0.05, 0) is 55.3 Å². The molecule has 3 aromatic rings. The SMILES string of the molecule is Cc1ccc(N2C(=O)[C@H](Cc3ccc(Cl)cc3Cl)S/C2=C(/C#N)C(=O)NCc2ccco2)cc1. The van der Waals surface area contributed by atoms with Gasteiger partial charge < -0.3 is 9.73 Å². The molecule has 2 amide bonds. The van der Waals surface area contributed by atoms with Crippen LogP contribution in [0.2, 0.25) is 10.0 Å². The molecule has 9 heteroatoms. The maximum absolute atomic E-state index is 13.5. The van der Waals surface area contributed by atoms with E-state index < -0.39 is 11.2 Å². The van der Waals surface area contributed by atoms with Gasteiger partial charge in [-0.1, -0.05) is 58.7 Å². The van der Waals surface area contributed by atoms with Gasteiger partial charge in [-0.2, -0.15) is 5.26 Å². The van der Waals surface area contributed by atoms with Crippen LogP contribution in [-0.4, -0.2) is 17.1 Å². The number of nitrogens with zero attached hydrogens (tertiary/aromatic N) is 2. The van der Waals surface area contributed by atoms with Crippen LogP contribution in [0, 0.1) is 18.3 Å². The fraction of sp³-hybridized carbons (Fsp3) is 0.160. The van der Waals surface area contributed by atoms with Crippen LogP contribution in [0.1, 0.15) is 16.9 Å². The van der Waals surface area contributed by atoms with Crippen LogP contribution in [-0.2, 0) is 22.6 Å². The van der Waals surface area contributed by atoms with Crippen molar-refractivity contribution in [2.75, 3.05) is 4.90 Å². The van der Waals surface area contributed by atoms with Crippen molar-refractivity contribution < 1.29 is 14.0 Å². The average Bonchev–Trinajstić information content (AvgIpc) is 3.44. The van der Waals surface area contributed by atoms with Gasteiger partial charge in [0.15, 0.2) is 0 Å².